The molecule has 1 unspecified atom stereocenters. The number of halogens is 1. The van der Waals surface area contributed by atoms with E-state index in [9.17, 15) is 4.79 Å². The van der Waals surface area contributed by atoms with E-state index in [1.165, 1.54) is 0 Å². The largest absolute Gasteiger partial charge is 0.403 e. The van der Waals surface area contributed by atoms with Gasteiger partial charge in [-0.15, -0.1) is 0 Å². The van der Waals surface area contributed by atoms with Crippen LogP contribution in [0.4, 0.5) is 0 Å². The minimum absolute atomic E-state index is 0.130. The molecule has 1 heterocycles. The molecular formula is C12H12BrNO2S. The number of carbonyl (C=O) groups is 1. The molecule has 0 bridgehead atoms. The molecule has 0 amide bonds. The first-order chi connectivity index (χ1) is 8.13. The quantitative estimate of drug-likeness (QED) is 0.805. The zero-order chi connectivity index (χ0) is 12.4. The normalized spacial score (nSPS) is 18.1. The zero-order valence-corrected chi connectivity index (χ0v) is 12.0. The van der Waals surface area contributed by atoms with Crippen LogP contribution < -0.4 is 0 Å². The summed E-state index contributed by atoms with van der Waals surface area (Å²) in [4.78, 5) is 16.1. The molecular weight excluding hydrogens is 302 g/mol. The van der Waals surface area contributed by atoms with Gasteiger partial charge in [0, 0.05) is 10.2 Å². The van der Waals surface area contributed by atoms with Gasteiger partial charge >= 0.3 is 5.97 Å². The number of rotatable bonds is 3. The zero-order valence-electron chi connectivity index (χ0n) is 9.57. The van der Waals surface area contributed by atoms with Crippen molar-refractivity contribution in [1.29, 1.82) is 0 Å². The summed E-state index contributed by atoms with van der Waals surface area (Å²) >= 11 is 5.15. The van der Waals surface area contributed by atoms with Crippen LogP contribution in [0.2, 0.25) is 0 Å². The Hall–Kier alpha value is -0.810. The van der Waals surface area contributed by atoms with E-state index in [2.05, 4.69) is 20.9 Å². The summed E-state index contributed by atoms with van der Waals surface area (Å²) in [7, 11) is 0. The molecule has 0 spiro atoms. The van der Waals surface area contributed by atoms with Crippen molar-refractivity contribution < 1.29 is 9.53 Å². The molecule has 0 saturated heterocycles. The van der Waals surface area contributed by atoms with Gasteiger partial charge < -0.3 is 4.74 Å². The summed E-state index contributed by atoms with van der Waals surface area (Å²) in [6.45, 7) is 2.01. The lowest BCUT2D eigenvalue weighted by molar-refractivity contribution is 0.0736. The SMILES string of the molecule is CSCC(C)/N=C1\OC(=O)c2cccc(Br)c21. The highest BCUT2D eigenvalue weighted by atomic mass is 79.9. The number of hydrogen-bond acceptors (Lipinski definition) is 4. The number of esters is 1. The summed E-state index contributed by atoms with van der Waals surface area (Å²) in [5.74, 6) is 1.01. The van der Waals surface area contributed by atoms with Gasteiger partial charge in [0.1, 0.15) is 0 Å². The van der Waals surface area contributed by atoms with Crippen molar-refractivity contribution in [3.8, 4) is 0 Å². The smallest absolute Gasteiger partial charge is 0.345 e. The van der Waals surface area contributed by atoms with E-state index in [0.29, 0.717) is 11.5 Å². The Bertz CT molecular complexity index is 487. The van der Waals surface area contributed by atoms with Crippen LogP contribution in [0.5, 0.6) is 0 Å². The van der Waals surface area contributed by atoms with E-state index in [4.69, 9.17) is 4.74 Å². The summed E-state index contributed by atoms with van der Waals surface area (Å²) in [5, 5.41) is 0. The molecule has 0 saturated carbocycles. The number of cyclic esters (lactones) is 1. The molecule has 0 N–H and O–H groups in total. The van der Waals surface area contributed by atoms with Crippen LogP contribution in [0.3, 0.4) is 0 Å². The van der Waals surface area contributed by atoms with Crippen molar-refractivity contribution in [1.82, 2.24) is 0 Å². The predicted octanol–water partition coefficient (Wildman–Crippen LogP) is 3.12. The third-order valence-electron chi connectivity index (χ3n) is 2.38. The number of carbonyl (C=O) groups excluding carboxylic acids is 1. The Morgan fingerprint density at radius 2 is 2.29 bits per heavy atom. The van der Waals surface area contributed by atoms with E-state index in [-0.39, 0.29) is 12.0 Å². The van der Waals surface area contributed by atoms with Crippen LogP contribution in [0.1, 0.15) is 22.8 Å². The molecule has 5 heteroatoms. The lowest BCUT2D eigenvalue weighted by Gasteiger charge is -2.05. The highest BCUT2D eigenvalue weighted by Crippen LogP contribution is 2.28. The number of fused-ring (bicyclic) bond motifs is 1. The first-order valence-electron chi connectivity index (χ1n) is 5.21. The fourth-order valence-electron chi connectivity index (χ4n) is 1.67. The van der Waals surface area contributed by atoms with Crippen molar-refractivity contribution in [2.24, 2.45) is 4.99 Å². The average molecular weight is 314 g/mol. The van der Waals surface area contributed by atoms with Gasteiger partial charge in [0.15, 0.2) is 0 Å². The summed E-state index contributed by atoms with van der Waals surface area (Å²) in [6, 6.07) is 5.59. The molecule has 90 valence electrons. The van der Waals surface area contributed by atoms with Crippen molar-refractivity contribution in [3.05, 3.63) is 33.8 Å². The minimum Gasteiger partial charge on any atom is -0.403 e. The topological polar surface area (TPSA) is 38.7 Å². The molecule has 3 nitrogen and oxygen atoms in total. The van der Waals surface area contributed by atoms with Gasteiger partial charge in [0.05, 0.1) is 17.2 Å². The maximum Gasteiger partial charge on any atom is 0.345 e. The number of benzene rings is 1. The minimum atomic E-state index is -0.323. The van der Waals surface area contributed by atoms with Crippen molar-refractivity contribution >= 4 is 39.6 Å². The van der Waals surface area contributed by atoms with Gasteiger partial charge in [-0.05, 0) is 41.2 Å². The molecule has 0 radical (unpaired) electrons. The molecule has 1 aromatic rings. The average Bonchev–Trinajstić information content (AvgIpc) is 2.57. The molecule has 0 fully saturated rings. The summed E-state index contributed by atoms with van der Waals surface area (Å²) < 4.78 is 6.04. The molecule has 0 aliphatic carbocycles. The van der Waals surface area contributed by atoms with Gasteiger partial charge in [-0.25, -0.2) is 9.79 Å². The van der Waals surface area contributed by atoms with Crippen molar-refractivity contribution in [3.63, 3.8) is 0 Å². The van der Waals surface area contributed by atoms with Crippen LogP contribution in [-0.4, -0.2) is 29.9 Å². The van der Waals surface area contributed by atoms with Gasteiger partial charge in [-0.1, -0.05) is 6.07 Å². The Labute approximate surface area is 113 Å². The van der Waals surface area contributed by atoms with Gasteiger partial charge in [-0.3, -0.25) is 0 Å². The predicted molar refractivity (Wildman–Crippen MR) is 73.9 cm³/mol. The van der Waals surface area contributed by atoms with E-state index >= 15 is 0 Å². The van der Waals surface area contributed by atoms with E-state index in [1.54, 1.807) is 17.8 Å². The van der Waals surface area contributed by atoms with Crippen LogP contribution in [0.15, 0.2) is 27.7 Å². The lowest BCUT2D eigenvalue weighted by atomic mass is 10.1. The van der Waals surface area contributed by atoms with Crippen LogP contribution in [-0.2, 0) is 4.74 Å². The number of hydrogen-bond donors (Lipinski definition) is 0. The van der Waals surface area contributed by atoms with Crippen LogP contribution >= 0.6 is 27.7 Å². The number of ether oxygens (including phenoxy) is 1. The molecule has 1 aliphatic rings. The molecule has 1 aromatic carbocycles. The third-order valence-corrected chi connectivity index (χ3v) is 3.86. The number of nitrogens with zero attached hydrogens (tertiary/aromatic N) is 1. The monoisotopic (exact) mass is 313 g/mol. The van der Waals surface area contributed by atoms with E-state index in [1.807, 2.05) is 25.3 Å². The fourth-order valence-corrected chi connectivity index (χ4v) is 2.77. The van der Waals surface area contributed by atoms with Crippen molar-refractivity contribution in [2.75, 3.05) is 12.0 Å². The molecule has 2 rings (SSSR count). The first kappa shape index (κ1) is 12.6. The standard InChI is InChI=1S/C12H12BrNO2S/c1-7(6-17-2)14-11-10-8(12(15)16-11)4-3-5-9(10)13/h3-5,7H,6H2,1-2H3/b14-11-. The maximum absolute atomic E-state index is 11.6. The second-order valence-electron chi connectivity index (χ2n) is 3.79. The Kier molecular flexibility index (Phi) is 3.89. The molecule has 0 aromatic heterocycles. The summed E-state index contributed by atoms with van der Waals surface area (Å²) in [6.07, 6.45) is 2.03. The maximum atomic E-state index is 11.6. The fraction of sp³-hybridized carbons (Fsp3) is 0.333. The highest BCUT2D eigenvalue weighted by molar-refractivity contribution is 9.10. The molecule has 1 atom stereocenters. The third kappa shape index (κ3) is 2.55. The second-order valence-corrected chi connectivity index (χ2v) is 5.56. The van der Waals surface area contributed by atoms with E-state index < -0.39 is 0 Å². The lowest BCUT2D eigenvalue weighted by Crippen LogP contribution is -2.09. The van der Waals surface area contributed by atoms with Gasteiger partial charge in [-0.2, -0.15) is 11.8 Å². The second kappa shape index (κ2) is 5.23. The molecule has 1 aliphatic heterocycles. The Morgan fingerprint density at radius 3 is 3.00 bits per heavy atom. The van der Waals surface area contributed by atoms with Crippen molar-refractivity contribution in [2.45, 2.75) is 13.0 Å². The Balaban J connectivity index is 2.39. The summed E-state index contributed by atoms with van der Waals surface area (Å²) in [5.41, 5.74) is 1.35. The number of aliphatic imine (C=N–C) groups is 1. The Morgan fingerprint density at radius 1 is 1.53 bits per heavy atom. The highest BCUT2D eigenvalue weighted by Gasteiger charge is 2.30. The number of thioether (sulfide) groups is 1. The van der Waals surface area contributed by atoms with E-state index in [0.717, 1.165) is 15.8 Å². The van der Waals surface area contributed by atoms with Gasteiger partial charge in [0.2, 0.25) is 5.90 Å². The molecule has 17 heavy (non-hydrogen) atoms. The van der Waals surface area contributed by atoms with Crippen LogP contribution in [0, 0.1) is 0 Å². The first-order valence-corrected chi connectivity index (χ1v) is 7.40. The van der Waals surface area contributed by atoms with Gasteiger partial charge in [0.25, 0.3) is 0 Å². The van der Waals surface area contributed by atoms with Crippen LogP contribution in [0.25, 0.3) is 0 Å².